The third-order valence-electron chi connectivity index (χ3n) is 4.00. The molecule has 0 spiro atoms. The van der Waals surface area contributed by atoms with Gasteiger partial charge in [-0.1, -0.05) is 59.4 Å². The van der Waals surface area contributed by atoms with Gasteiger partial charge in [-0.2, -0.15) is 0 Å². The number of carbonyl (C=O) groups is 2. The first-order valence-corrected chi connectivity index (χ1v) is 10.5. The predicted molar refractivity (Wildman–Crippen MR) is 113 cm³/mol. The summed E-state index contributed by atoms with van der Waals surface area (Å²) >= 11 is 2.86. The number of aromatic nitrogens is 4. The second kappa shape index (κ2) is 8.41. The molecule has 3 N–H and O–H groups in total. The molecule has 0 aliphatic carbocycles. The van der Waals surface area contributed by atoms with Crippen molar-refractivity contribution in [2.75, 3.05) is 11.1 Å². The van der Waals surface area contributed by atoms with Gasteiger partial charge < -0.3 is 11.1 Å². The molecule has 4 aromatic rings. The fourth-order valence-corrected chi connectivity index (χ4v) is 4.55. The maximum Gasteiger partial charge on any atom is 0.273 e. The van der Waals surface area contributed by atoms with Crippen LogP contribution in [0, 0.1) is 0 Å². The minimum Gasteiger partial charge on any atom is -0.364 e. The van der Waals surface area contributed by atoms with E-state index < -0.39 is 5.91 Å². The van der Waals surface area contributed by atoms with Gasteiger partial charge in [0.25, 0.3) is 5.91 Å². The van der Waals surface area contributed by atoms with Crippen LogP contribution in [0.25, 0.3) is 10.2 Å². The van der Waals surface area contributed by atoms with Crippen molar-refractivity contribution in [1.82, 2.24) is 20.0 Å². The highest BCUT2D eigenvalue weighted by molar-refractivity contribution is 8.01. The number of rotatable bonds is 7. The van der Waals surface area contributed by atoms with Crippen molar-refractivity contribution in [3.8, 4) is 0 Å². The number of fused-ring (bicyclic) bond motifs is 1. The molecule has 10 heteroatoms. The third-order valence-corrected chi connectivity index (χ3v) is 6.18. The number of thiazole rings is 1. The number of benzene rings is 2. The molecule has 8 nitrogen and oxygen atoms in total. The molecule has 0 radical (unpaired) electrons. The summed E-state index contributed by atoms with van der Waals surface area (Å²) in [5, 5.41) is 10.5. The van der Waals surface area contributed by atoms with Crippen LogP contribution in [0.15, 0.2) is 58.9 Å². The minimum absolute atomic E-state index is 0.0701. The van der Waals surface area contributed by atoms with Crippen LogP contribution < -0.4 is 11.1 Å². The van der Waals surface area contributed by atoms with Gasteiger partial charge >= 0.3 is 0 Å². The molecular formula is C19H16N6O2S2. The average Bonchev–Trinajstić information content (AvgIpc) is 3.31. The highest BCUT2D eigenvalue weighted by Gasteiger charge is 2.20. The van der Waals surface area contributed by atoms with Gasteiger partial charge in [0.1, 0.15) is 0 Å². The van der Waals surface area contributed by atoms with Gasteiger partial charge in [0.2, 0.25) is 5.91 Å². The molecule has 2 heterocycles. The summed E-state index contributed by atoms with van der Waals surface area (Å²) in [6, 6.07) is 17.3. The quantitative estimate of drug-likeness (QED) is 0.441. The van der Waals surface area contributed by atoms with Crippen molar-refractivity contribution in [3.05, 3.63) is 65.9 Å². The smallest absolute Gasteiger partial charge is 0.273 e. The summed E-state index contributed by atoms with van der Waals surface area (Å²) in [6.07, 6.45) is 0. The number of primary amides is 1. The summed E-state index contributed by atoms with van der Waals surface area (Å²) < 4.78 is 3.32. The second-order valence-corrected chi connectivity index (χ2v) is 8.33. The number of hydrogen-bond acceptors (Lipinski definition) is 7. The number of carbonyl (C=O) groups excluding carboxylic acids is 2. The molecule has 146 valence electrons. The van der Waals surface area contributed by atoms with Gasteiger partial charge in [0, 0.05) is 0 Å². The van der Waals surface area contributed by atoms with Gasteiger partial charge in [0.15, 0.2) is 15.9 Å². The zero-order chi connectivity index (χ0) is 20.2. The van der Waals surface area contributed by atoms with Gasteiger partial charge in [-0.05, 0) is 17.7 Å². The van der Waals surface area contributed by atoms with Crippen molar-refractivity contribution >= 4 is 50.9 Å². The SMILES string of the molecule is NC(=O)c1nnn(Cc2ccccc2)c1NC(=O)CSc1nc2ccccc2s1. The van der Waals surface area contributed by atoms with E-state index in [1.165, 1.54) is 27.8 Å². The summed E-state index contributed by atoms with van der Waals surface area (Å²) in [7, 11) is 0. The molecule has 0 unspecified atom stereocenters. The molecule has 2 aromatic heterocycles. The first-order valence-electron chi connectivity index (χ1n) is 8.65. The average molecular weight is 425 g/mol. The molecule has 4 rings (SSSR count). The van der Waals surface area contributed by atoms with Crippen LogP contribution in [0.5, 0.6) is 0 Å². The van der Waals surface area contributed by atoms with E-state index in [-0.39, 0.29) is 23.2 Å². The Kier molecular flexibility index (Phi) is 5.54. The Morgan fingerprint density at radius 1 is 1.10 bits per heavy atom. The molecule has 2 amide bonds. The van der Waals surface area contributed by atoms with E-state index in [0.717, 1.165) is 20.1 Å². The molecular weight excluding hydrogens is 408 g/mol. The highest BCUT2D eigenvalue weighted by atomic mass is 32.2. The van der Waals surface area contributed by atoms with E-state index in [1.54, 1.807) is 0 Å². The lowest BCUT2D eigenvalue weighted by Crippen LogP contribution is -2.21. The topological polar surface area (TPSA) is 116 Å². The van der Waals surface area contributed by atoms with Gasteiger partial charge in [-0.3, -0.25) is 9.59 Å². The van der Waals surface area contributed by atoms with Crippen molar-refractivity contribution in [2.45, 2.75) is 10.9 Å². The van der Waals surface area contributed by atoms with Crippen LogP contribution in [-0.2, 0) is 11.3 Å². The predicted octanol–water partition coefficient (Wildman–Crippen LogP) is 2.77. The summed E-state index contributed by atoms with van der Waals surface area (Å²) in [6.45, 7) is 0.349. The van der Waals surface area contributed by atoms with Gasteiger partial charge in [0.05, 0.1) is 22.5 Å². The monoisotopic (exact) mass is 424 g/mol. The Balaban J connectivity index is 1.47. The number of thioether (sulfide) groups is 1. The lowest BCUT2D eigenvalue weighted by molar-refractivity contribution is -0.113. The number of nitrogens with one attached hydrogen (secondary N) is 1. The van der Waals surface area contributed by atoms with Crippen LogP contribution >= 0.6 is 23.1 Å². The molecule has 0 saturated heterocycles. The molecule has 0 saturated carbocycles. The Labute approximate surface area is 174 Å². The van der Waals surface area contributed by atoms with Crippen molar-refractivity contribution in [2.24, 2.45) is 5.73 Å². The van der Waals surface area contributed by atoms with Gasteiger partial charge in [-0.15, -0.1) is 16.4 Å². The van der Waals surface area contributed by atoms with Crippen molar-refractivity contribution < 1.29 is 9.59 Å². The first-order chi connectivity index (χ1) is 14.1. The Morgan fingerprint density at radius 3 is 2.62 bits per heavy atom. The minimum atomic E-state index is -0.751. The lowest BCUT2D eigenvalue weighted by Gasteiger charge is -2.09. The van der Waals surface area contributed by atoms with Crippen LogP contribution in [0.2, 0.25) is 0 Å². The second-order valence-electron chi connectivity index (χ2n) is 6.08. The summed E-state index contributed by atoms with van der Waals surface area (Å²) in [5.41, 5.74) is 7.17. The number of anilines is 1. The normalized spacial score (nSPS) is 10.9. The molecule has 29 heavy (non-hydrogen) atoms. The van der Waals surface area contributed by atoms with E-state index in [1.807, 2.05) is 54.6 Å². The van der Waals surface area contributed by atoms with E-state index in [4.69, 9.17) is 5.73 Å². The van der Waals surface area contributed by atoms with Gasteiger partial charge in [-0.25, -0.2) is 9.67 Å². The number of nitrogens with zero attached hydrogens (tertiary/aromatic N) is 4. The zero-order valence-electron chi connectivity index (χ0n) is 15.1. The van der Waals surface area contributed by atoms with E-state index in [2.05, 4.69) is 20.6 Å². The fourth-order valence-electron chi connectivity index (χ4n) is 2.68. The Hall–Kier alpha value is -3.24. The molecule has 2 aromatic carbocycles. The van der Waals surface area contributed by atoms with Crippen LogP contribution in [0.4, 0.5) is 5.82 Å². The maximum absolute atomic E-state index is 12.5. The van der Waals surface area contributed by atoms with Crippen LogP contribution in [-0.4, -0.2) is 37.5 Å². The molecule has 0 atom stereocenters. The molecule has 0 fully saturated rings. The van der Waals surface area contributed by atoms with Crippen LogP contribution in [0.1, 0.15) is 16.1 Å². The van der Waals surface area contributed by atoms with E-state index in [0.29, 0.717) is 6.54 Å². The molecule has 0 aliphatic heterocycles. The third kappa shape index (κ3) is 4.44. The number of amides is 2. The zero-order valence-corrected chi connectivity index (χ0v) is 16.7. The maximum atomic E-state index is 12.5. The first kappa shape index (κ1) is 19.1. The Morgan fingerprint density at radius 2 is 1.86 bits per heavy atom. The van der Waals surface area contributed by atoms with Crippen molar-refractivity contribution in [3.63, 3.8) is 0 Å². The summed E-state index contributed by atoms with van der Waals surface area (Å²) in [4.78, 5) is 28.7. The van der Waals surface area contributed by atoms with Crippen LogP contribution in [0.3, 0.4) is 0 Å². The Bertz CT molecular complexity index is 1140. The highest BCUT2D eigenvalue weighted by Crippen LogP contribution is 2.29. The molecule has 0 bridgehead atoms. The number of hydrogen-bond donors (Lipinski definition) is 2. The standard InChI is InChI=1S/C19H16N6O2S2/c20-17(27)16-18(25(24-23-16)10-12-6-2-1-3-7-12)22-15(26)11-28-19-21-13-8-4-5-9-14(13)29-19/h1-9H,10-11H2,(H2,20,27)(H,22,26). The lowest BCUT2D eigenvalue weighted by atomic mass is 10.2. The largest absolute Gasteiger partial charge is 0.364 e. The van der Waals surface area contributed by atoms with Crippen molar-refractivity contribution in [1.29, 1.82) is 0 Å². The number of para-hydroxylation sites is 1. The summed E-state index contributed by atoms with van der Waals surface area (Å²) in [5.74, 6) is -0.725. The fraction of sp³-hybridized carbons (Fsp3) is 0.105. The number of nitrogens with two attached hydrogens (primary N) is 1. The molecule has 0 aliphatic rings. The van der Waals surface area contributed by atoms with E-state index in [9.17, 15) is 9.59 Å². The van der Waals surface area contributed by atoms with E-state index >= 15 is 0 Å².